The standard InChI is InChI=1S/C20H23NO2S/c1-16(22)24-20(18-10-6-3-7-11-18)19-15-21(12-13-23-19)14-17-8-4-2-5-9-17/h2-11,19-20H,12-15H2,1H3. The summed E-state index contributed by atoms with van der Waals surface area (Å²) in [5, 5.41) is 0.176. The summed E-state index contributed by atoms with van der Waals surface area (Å²) in [4.78, 5) is 14.2. The van der Waals surface area contributed by atoms with E-state index in [9.17, 15) is 4.79 Å². The number of morpholine rings is 1. The lowest BCUT2D eigenvalue weighted by atomic mass is 10.1. The molecular weight excluding hydrogens is 318 g/mol. The van der Waals surface area contributed by atoms with Gasteiger partial charge in [-0.3, -0.25) is 9.69 Å². The normalized spacial score (nSPS) is 19.8. The zero-order valence-electron chi connectivity index (χ0n) is 13.9. The predicted molar refractivity (Wildman–Crippen MR) is 98.9 cm³/mol. The molecule has 2 aromatic rings. The molecule has 1 aliphatic heterocycles. The molecule has 3 rings (SSSR count). The van der Waals surface area contributed by atoms with Crippen molar-refractivity contribution in [3.63, 3.8) is 0 Å². The smallest absolute Gasteiger partial charge is 0.186 e. The summed E-state index contributed by atoms with van der Waals surface area (Å²) in [6.07, 6.45) is 0.0266. The molecule has 2 atom stereocenters. The largest absolute Gasteiger partial charge is 0.374 e. The Balaban J connectivity index is 1.72. The minimum Gasteiger partial charge on any atom is -0.374 e. The van der Waals surface area contributed by atoms with Crippen LogP contribution in [-0.4, -0.2) is 35.8 Å². The van der Waals surface area contributed by atoms with Crippen LogP contribution in [0.4, 0.5) is 0 Å². The molecule has 126 valence electrons. The third kappa shape index (κ3) is 4.69. The maximum atomic E-state index is 11.7. The van der Waals surface area contributed by atoms with Crippen molar-refractivity contribution in [2.24, 2.45) is 0 Å². The van der Waals surface area contributed by atoms with E-state index >= 15 is 0 Å². The second-order valence-corrected chi connectivity index (χ2v) is 7.39. The highest BCUT2D eigenvalue weighted by Gasteiger charge is 2.30. The zero-order chi connectivity index (χ0) is 16.8. The molecular formula is C20H23NO2S. The second-order valence-electron chi connectivity index (χ2n) is 6.07. The van der Waals surface area contributed by atoms with Gasteiger partial charge >= 0.3 is 0 Å². The number of benzene rings is 2. The first-order chi connectivity index (χ1) is 11.7. The molecule has 0 aromatic heterocycles. The lowest BCUT2D eigenvalue weighted by Crippen LogP contribution is -2.44. The molecule has 0 spiro atoms. The Hall–Kier alpha value is -1.62. The van der Waals surface area contributed by atoms with E-state index in [0.717, 1.165) is 25.2 Å². The molecule has 0 radical (unpaired) electrons. The summed E-state index contributed by atoms with van der Waals surface area (Å²) in [6.45, 7) is 5.03. The average molecular weight is 341 g/mol. The number of nitrogens with zero attached hydrogens (tertiary/aromatic N) is 1. The highest BCUT2D eigenvalue weighted by atomic mass is 32.2. The zero-order valence-corrected chi connectivity index (χ0v) is 14.7. The van der Waals surface area contributed by atoms with E-state index in [-0.39, 0.29) is 16.5 Å². The van der Waals surface area contributed by atoms with Crippen LogP contribution in [0.25, 0.3) is 0 Å². The lowest BCUT2D eigenvalue weighted by molar-refractivity contribution is -0.109. The SMILES string of the molecule is CC(=O)SC(c1ccccc1)C1CN(Cc2ccccc2)CCO1. The first-order valence-electron chi connectivity index (χ1n) is 8.32. The fourth-order valence-corrected chi connectivity index (χ4v) is 4.05. The molecule has 0 saturated carbocycles. The van der Waals surface area contributed by atoms with Crippen molar-refractivity contribution in [1.82, 2.24) is 4.90 Å². The van der Waals surface area contributed by atoms with Gasteiger partial charge in [0, 0.05) is 26.6 Å². The molecule has 0 N–H and O–H groups in total. The van der Waals surface area contributed by atoms with Crippen molar-refractivity contribution in [3.05, 3.63) is 71.8 Å². The molecule has 1 aliphatic rings. The molecule has 0 aliphatic carbocycles. The molecule has 0 bridgehead atoms. The Morgan fingerprint density at radius 3 is 2.50 bits per heavy atom. The maximum Gasteiger partial charge on any atom is 0.186 e. The average Bonchev–Trinajstić information content (AvgIpc) is 2.61. The quantitative estimate of drug-likeness (QED) is 0.825. The Bertz CT molecular complexity index is 647. The Labute approximate surface area is 148 Å². The van der Waals surface area contributed by atoms with E-state index in [1.807, 2.05) is 24.3 Å². The number of ether oxygens (including phenoxy) is 1. The number of hydrogen-bond donors (Lipinski definition) is 0. The maximum absolute atomic E-state index is 11.7. The highest BCUT2D eigenvalue weighted by Crippen LogP contribution is 2.35. The lowest BCUT2D eigenvalue weighted by Gasteiger charge is -2.36. The fourth-order valence-electron chi connectivity index (χ4n) is 3.08. The first kappa shape index (κ1) is 17.2. The van der Waals surface area contributed by atoms with Crippen LogP contribution in [0, 0.1) is 0 Å². The molecule has 1 fully saturated rings. The molecule has 1 heterocycles. The van der Waals surface area contributed by atoms with Crippen LogP contribution in [0.5, 0.6) is 0 Å². The van der Waals surface area contributed by atoms with E-state index in [1.54, 1.807) is 6.92 Å². The summed E-state index contributed by atoms with van der Waals surface area (Å²) in [6, 6.07) is 20.7. The van der Waals surface area contributed by atoms with Gasteiger partial charge in [-0.15, -0.1) is 0 Å². The Morgan fingerprint density at radius 2 is 1.83 bits per heavy atom. The molecule has 24 heavy (non-hydrogen) atoms. The Morgan fingerprint density at radius 1 is 1.17 bits per heavy atom. The molecule has 2 aromatic carbocycles. The van der Waals surface area contributed by atoms with Crippen LogP contribution in [0.15, 0.2) is 60.7 Å². The topological polar surface area (TPSA) is 29.5 Å². The van der Waals surface area contributed by atoms with E-state index in [1.165, 1.54) is 17.3 Å². The second kappa shape index (κ2) is 8.47. The van der Waals surface area contributed by atoms with Crippen LogP contribution in [0.1, 0.15) is 23.3 Å². The van der Waals surface area contributed by atoms with Crippen LogP contribution in [0.2, 0.25) is 0 Å². The number of carbonyl (C=O) groups excluding carboxylic acids is 1. The van der Waals surface area contributed by atoms with E-state index < -0.39 is 0 Å². The van der Waals surface area contributed by atoms with Gasteiger partial charge in [0.05, 0.1) is 18.0 Å². The number of rotatable bonds is 5. The number of thioether (sulfide) groups is 1. The fraction of sp³-hybridized carbons (Fsp3) is 0.350. The van der Waals surface area contributed by atoms with Crippen molar-refractivity contribution in [2.75, 3.05) is 19.7 Å². The van der Waals surface area contributed by atoms with E-state index in [2.05, 4.69) is 41.3 Å². The minimum absolute atomic E-state index is 0.0266. The predicted octanol–water partition coefficient (Wildman–Crippen LogP) is 3.91. The monoisotopic (exact) mass is 341 g/mol. The highest BCUT2D eigenvalue weighted by molar-refractivity contribution is 8.13. The summed E-state index contributed by atoms with van der Waals surface area (Å²) in [5.41, 5.74) is 2.47. The van der Waals surface area contributed by atoms with Crippen molar-refractivity contribution < 1.29 is 9.53 Å². The minimum atomic E-state index is 0.0266. The van der Waals surface area contributed by atoms with Gasteiger partial charge in [0.15, 0.2) is 5.12 Å². The first-order valence-corrected chi connectivity index (χ1v) is 9.20. The molecule has 3 nitrogen and oxygen atoms in total. The van der Waals surface area contributed by atoms with Crippen molar-refractivity contribution in [1.29, 1.82) is 0 Å². The van der Waals surface area contributed by atoms with Crippen molar-refractivity contribution >= 4 is 16.9 Å². The van der Waals surface area contributed by atoms with Crippen LogP contribution in [0.3, 0.4) is 0 Å². The van der Waals surface area contributed by atoms with Crippen molar-refractivity contribution in [2.45, 2.75) is 24.8 Å². The number of carbonyl (C=O) groups is 1. The van der Waals surface area contributed by atoms with E-state index in [4.69, 9.17) is 4.74 Å². The third-order valence-electron chi connectivity index (χ3n) is 4.19. The third-order valence-corrected chi connectivity index (χ3v) is 5.35. The van der Waals surface area contributed by atoms with Gasteiger partial charge in [0.1, 0.15) is 0 Å². The van der Waals surface area contributed by atoms with Gasteiger partial charge in [0.2, 0.25) is 0 Å². The van der Waals surface area contributed by atoms with Crippen molar-refractivity contribution in [3.8, 4) is 0 Å². The number of hydrogen-bond acceptors (Lipinski definition) is 4. The van der Waals surface area contributed by atoms with Gasteiger partial charge in [-0.2, -0.15) is 0 Å². The summed E-state index contributed by atoms with van der Waals surface area (Å²) < 4.78 is 6.05. The van der Waals surface area contributed by atoms with E-state index in [0.29, 0.717) is 6.61 Å². The van der Waals surface area contributed by atoms with Crippen LogP contribution in [-0.2, 0) is 16.1 Å². The van der Waals surface area contributed by atoms with Gasteiger partial charge in [0.25, 0.3) is 0 Å². The summed E-state index contributed by atoms with van der Waals surface area (Å²) in [7, 11) is 0. The van der Waals surface area contributed by atoms with Gasteiger partial charge in [-0.05, 0) is 11.1 Å². The molecule has 1 saturated heterocycles. The van der Waals surface area contributed by atoms with Gasteiger partial charge in [-0.25, -0.2) is 0 Å². The van der Waals surface area contributed by atoms with Crippen LogP contribution < -0.4 is 0 Å². The molecule has 2 unspecified atom stereocenters. The van der Waals surface area contributed by atoms with Gasteiger partial charge in [-0.1, -0.05) is 72.4 Å². The van der Waals surface area contributed by atoms with Gasteiger partial charge < -0.3 is 4.74 Å². The van der Waals surface area contributed by atoms with Crippen LogP contribution >= 0.6 is 11.8 Å². The summed E-state index contributed by atoms with van der Waals surface area (Å²) in [5.74, 6) is 0. The molecule has 0 amide bonds. The molecule has 4 heteroatoms. The Kier molecular flexibility index (Phi) is 6.07. The summed E-state index contributed by atoms with van der Waals surface area (Å²) >= 11 is 1.38.